The summed E-state index contributed by atoms with van der Waals surface area (Å²) in [6, 6.07) is 12.7. The van der Waals surface area contributed by atoms with Crippen molar-refractivity contribution >= 4 is 11.9 Å². The molecule has 2 N–H and O–H groups in total. The summed E-state index contributed by atoms with van der Waals surface area (Å²) in [5, 5.41) is 4.35. The molecule has 0 aliphatic heterocycles. The molecule has 0 saturated heterocycles. The molecule has 1 amide bonds. The predicted molar refractivity (Wildman–Crippen MR) is 96.0 cm³/mol. The van der Waals surface area contributed by atoms with Crippen LogP contribution in [0.25, 0.3) is 22.5 Å². The number of primary amides is 1. The van der Waals surface area contributed by atoms with Crippen LogP contribution >= 0.6 is 0 Å². The molecule has 0 unspecified atom stereocenters. The highest BCUT2D eigenvalue weighted by Gasteiger charge is 2.15. The fraction of sp³-hybridized carbons (Fsp3) is 0.158. The van der Waals surface area contributed by atoms with Crippen molar-refractivity contribution in [1.29, 1.82) is 0 Å². The number of hydrogen-bond donors (Lipinski definition) is 1. The lowest BCUT2D eigenvalue weighted by atomic mass is 10.0. The molecule has 3 rings (SSSR count). The molecule has 2 heterocycles. The Balaban J connectivity index is 1.97. The molecule has 0 spiro atoms. The first-order chi connectivity index (χ1) is 12.6. The van der Waals surface area contributed by atoms with Gasteiger partial charge < -0.3 is 10.5 Å². The van der Waals surface area contributed by atoms with Gasteiger partial charge in [-0.3, -0.25) is 14.5 Å². The maximum atomic E-state index is 12.2. The van der Waals surface area contributed by atoms with Crippen LogP contribution in [0.3, 0.4) is 0 Å². The molecular weight excluding hydrogens is 332 g/mol. The molecule has 0 saturated carbocycles. The number of aromatic nitrogens is 3. The van der Waals surface area contributed by atoms with Crippen molar-refractivity contribution in [1.82, 2.24) is 14.8 Å². The second-order valence-corrected chi connectivity index (χ2v) is 5.57. The van der Waals surface area contributed by atoms with Crippen molar-refractivity contribution in [3.8, 4) is 22.5 Å². The number of carbonyl (C=O) groups excluding carboxylic acids is 2. The Morgan fingerprint density at radius 3 is 2.73 bits per heavy atom. The number of nitrogens with two attached hydrogens (primary N) is 1. The number of benzene rings is 1. The third kappa shape index (κ3) is 3.77. The summed E-state index contributed by atoms with van der Waals surface area (Å²) in [4.78, 5) is 27.5. The van der Waals surface area contributed by atoms with Gasteiger partial charge in [0.05, 0.1) is 23.6 Å². The molecule has 1 aromatic carbocycles. The van der Waals surface area contributed by atoms with Gasteiger partial charge in [0.1, 0.15) is 6.54 Å². The summed E-state index contributed by atoms with van der Waals surface area (Å²) in [5.41, 5.74) is 8.45. The van der Waals surface area contributed by atoms with E-state index >= 15 is 0 Å². The average Bonchev–Trinajstić information content (AvgIpc) is 3.10. The Hall–Kier alpha value is -3.48. The second kappa shape index (κ2) is 7.60. The van der Waals surface area contributed by atoms with Gasteiger partial charge in [-0.05, 0) is 31.2 Å². The van der Waals surface area contributed by atoms with Gasteiger partial charge in [0, 0.05) is 23.5 Å². The second-order valence-electron chi connectivity index (χ2n) is 5.57. The normalized spacial score (nSPS) is 10.5. The zero-order chi connectivity index (χ0) is 18.5. The molecule has 0 radical (unpaired) electrons. The monoisotopic (exact) mass is 350 g/mol. The lowest BCUT2D eigenvalue weighted by molar-refractivity contribution is -0.118. The van der Waals surface area contributed by atoms with Crippen molar-refractivity contribution in [2.45, 2.75) is 13.5 Å². The van der Waals surface area contributed by atoms with Gasteiger partial charge in [-0.2, -0.15) is 5.10 Å². The van der Waals surface area contributed by atoms with Crippen LogP contribution in [0.5, 0.6) is 0 Å². The number of ether oxygens (including phenoxy) is 1. The standard InChI is InChI=1S/C19H18N4O3/c1-2-26-19(25)15-7-4-9-21-18(15)14-6-3-5-13(11-14)16-8-10-23(22-16)12-17(20)24/h3-11H,2,12H2,1H3,(H2,20,24). The molecule has 0 bridgehead atoms. The van der Waals surface area contributed by atoms with Crippen molar-refractivity contribution in [2.75, 3.05) is 6.61 Å². The van der Waals surface area contributed by atoms with Crippen LogP contribution in [0.2, 0.25) is 0 Å². The van der Waals surface area contributed by atoms with E-state index in [2.05, 4.69) is 10.1 Å². The first-order valence-electron chi connectivity index (χ1n) is 8.13. The van der Waals surface area contributed by atoms with E-state index in [4.69, 9.17) is 10.5 Å². The lowest BCUT2D eigenvalue weighted by Gasteiger charge is -2.09. The number of esters is 1. The molecule has 26 heavy (non-hydrogen) atoms. The van der Waals surface area contributed by atoms with E-state index in [1.807, 2.05) is 24.3 Å². The largest absolute Gasteiger partial charge is 0.462 e. The number of nitrogens with zero attached hydrogens (tertiary/aromatic N) is 3. The van der Waals surface area contributed by atoms with Crippen molar-refractivity contribution in [3.05, 3.63) is 60.4 Å². The molecule has 2 aromatic heterocycles. The van der Waals surface area contributed by atoms with Gasteiger partial charge in [-0.15, -0.1) is 0 Å². The fourth-order valence-corrected chi connectivity index (χ4v) is 2.60. The van der Waals surface area contributed by atoms with Crippen molar-refractivity contribution in [3.63, 3.8) is 0 Å². The smallest absolute Gasteiger partial charge is 0.340 e. The maximum absolute atomic E-state index is 12.2. The van der Waals surface area contributed by atoms with Crippen LogP contribution < -0.4 is 5.73 Å². The topological polar surface area (TPSA) is 100 Å². The average molecular weight is 350 g/mol. The molecule has 132 valence electrons. The Bertz CT molecular complexity index is 949. The van der Waals surface area contributed by atoms with Crippen LogP contribution in [0.15, 0.2) is 54.9 Å². The van der Waals surface area contributed by atoms with Crippen LogP contribution in [-0.2, 0) is 16.1 Å². The zero-order valence-electron chi connectivity index (χ0n) is 14.3. The Morgan fingerprint density at radius 2 is 1.96 bits per heavy atom. The highest BCUT2D eigenvalue weighted by Crippen LogP contribution is 2.26. The highest BCUT2D eigenvalue weighted by atomic mass is 16.5. The zero-order valence-corrected chi connectivity index (χ0v) is 14.3. The van der Waals surface area contributed by atoms with E-state index in [0.29, 0.717) is 23.6 Å². The molecule has 0 fully saturated rings. The van der Waals surface area contributed by atoms with Crippen molar-refractivity contribution < 1.29 is 14.3 Å². The summed E-state index contributed by atoms with van der Waals surface area (Å²) >= 11 is 0. The first-order valence-corrected chi connectivity index (χ1v) is 8.13. The van der Waals surface area contributed by atoms with Gasteiger partial charge in [-0.1, -0.05) is 18.2 Å². The minimum Gasteiger partial charge on any atom is -0.462 e. The Morgan fingerprint density at radius 1 is 1.15 bits per heavy atom. The van der Waals surface area contributed by atoms with Crippen LogP contribution in [0, 0.1) is 0 Å². The SMILES string of the molecule is CCOC(=O)c1cccnc1-c1cccc(-c2ccn(CC(N)=O)n2)c1. The first kappa shape index (κ1) is 17.3. The van der Waals surface area contributed by atoms with E-state index in [9.17, 15) is 9.59 Å². The third-order valence-corrected chi connectivity index (χ3v) is 3.69. The van der Waals surface area contributed by atoms with E-state index < -0.39 is 11.9 Å². The highest BCUT2D eigenvalue weighted by molar-refractivity contribution is 5.96. The van der Waals surface area contributed by atoms with Crippen LogP contribution in [0.1, 0.15) is 17.3 Å². The molecule has 0 atom stereocenters. The maximum Gasteiger partial charge on any atom is 0.340 e. The Kier molecular flexibility index (Phi) is 5.07. The molecule has 0 aliphatic rings. The van der Waals surface area contributed by atoms with Crippen LogP contribution in [0.4, 0.5) is 0 Å². The van der Waals surface area contributed by atoms with E-state index in [0.717, 1.165) is 11.1 Å². The van der Waals surface area contributed by atoms with Crippen LogP contribution in [-0.4, -0.2) is 33.2 Å². The summed E-state index contributed by atoms with van der Waals surface area (Å²) in [7, 11) is 0. The fourth-order valence-electron chi connectivity index (χ4n) is 2.60. The summed E-state index contributed by atoms with van der Waals surface area (Å²) < 4.78 is 6.59. The summed E-state index contributed by atoms with van der Waals surface area (Å²) in [5.74, 6) is -0.868. The number of pyridine rings is 1. The number of hydrogen-bond acceptors (Lipinski definition) is 5. The summed E-state index contributed by atoms with van der Waals surface area (Å²) in [6.45, 7) is 2.08. The van der Waals surface area contributed by atoms with Gasteiger partial charge in [0.15, 0.2) is 0 Å². The van der Waals surface area contributed by atoms with E-state index in [1.165, 1.54) is 4.68 Å². The van der Waals surface area contributed by atoms with E-state index in [-0.39, 0.29) is 6.54 Å². The van der Waals surface area contributed by atoms with Gasteiger partial charge in [0.25, 0.3) is 0 Å². The molecular formula is C19H18N4O3. The molecule has 7 nitrogen and oxygen atoms in total. The molecule has 0 aliphatic carbocycles. The van der Waals surface area contributed by atoms with E-state index in [1.54, 1.807) is 37.5 Å². The summed E-state index contributed by atoms with van der Waals surface area (Å²) in [6.07, 6.45) is 3.32. The number of amides is 1. The number of rotatable bonds is 6. The van der Waals surface area contributed by atoms with Gasteiger partial charge in [0.2, 0.25) is 5.91 Å². The molecule has 3 aromatic rings. The van der Waals surface area contributed by atoms with Gasteiger partial charge >= 0.3 is 5.97 Å². The quantitative estimate of drug-likeness (QED) is 0.687. The van der Waals surface area contributed by atoms with Gasteiger partial charge in [-0.25, -0.2) is 4.79 Å². The minimum atomic E-state index is -0.457. The minimum absolute atomic E-state index is 0.0208. The number of carbonyl (C=O) groups is 2. The predicted octanol–water partition coefficient (Wildman–Crippen LogP) is 2.27. The lowest BCUT2D eigenvalue weighted by Crippen LogP contribution is -2.18. The Labute approximate surface area is 150 Å². The van der Waals surface area contributed by atoms with Crippen molar-refractivity contribution in [2.24, 2.45) is 5.73 Å². The third-order valence-electron chi connectivity index (χ3n) is 3.69. The molecule has 7 heteroatoms.